The van der Waals surface area contributed by atoms with E-state index in [1.807, 2.05) is 20.8 Å². The second-order valence-electron chi connectivity index (χ2n) is 6.62. The van der Waals surface area contributed by atoms with E-state index in [1.54, 1.807) is 6.92 Å². The van der Waals surface area contributed by atoms with Gasteiger partial charge in [0.1, 0.15) is 13.2 Å². The fourth-order valence-electron chi connectivity index (χ4n) is 2.16. The van der Waals surface area contributed by atoms with Crippen LogP contribution < -0.4 is 0 Å². The van der Waals surface area contributed by atoms with E-state index >= 15 is 0 Å². The minimum Gasteiger partial charge on any atom is -0.465 e. The van der Waals surface area contributed by atoms with Crippen molar-refractivity contribution >= 4 is 11.9 Å². The summed E-state index contributed by atoms with van der Waals surface area (Å²) in [5, 5.41) is 0. The number of ether oxygens (including phenoxy) is 4. The summed E-state index contributed by atoms with van der Waals surface area (Å²) in [5.74, 6) is -0.695. The Hall–Kier alpha value is -1.40. The van der Waals surface area contributed by atoms with Crippen LogP contribution in [0.25, 0.3) is 0 Å². The van der Waals surface area contributed by atoms with Crippen molar-refractivity contribution in [2.75, 3.05) is 26.4 Å². The standard InChI is InChI=1S/C17H28O6/c1-6-13(18)20-9-16(4,5)15-22-11-17(8-3,12-23-15)10-21-14(19)7-2/h7,15H,2,6,8-12H2,1,3-5H3. The number of rotatable bonds is 8. The Kier molecular flexibility index (Phi) is 7.22. The van der Waals surface area contributed by atoms with Crippen LogP contribution in [0.4, 0.5) is 0 Å². The first-order chi connectivity index (χ1) is 10.8. The van der Waals surface area contributed by atoms with Gasteiger partial charge in [0.05, 0.1) is 18.6 Å². The maximum absolute atomic E-state index is 11.3. The Morgan fingerprint density at radius 2 is 1.87 bits per heavy atom. The number of carbonyl (C=O) groups excluding carboxylic acids is 2. The average molecular weight is 328 g/mol. The van der Waals surface area contributed by atoms with Crippen molar-refractivity contribution in [1.82, 2.24) is 0 Å². The molecule has 0 aromatic carbocycles. The molecule has 0 bridgehead atoms. The van der Waals surface area contributed by atoms with Crippen molar-refractivity contribution in [3.63, 3.8) is 0 Å². The van der Waals surface area contributed by atoms with Crippen molar-refractivity contribution in [2.45, 2.75) is 46.8 Å². The molecule has 1 heterocycles. The van der Waals surface area contributed by atoms with Gasteiger partial charge in [0.25, 0.3) is 0 Å². The predicted molar refractivity (Wildman–Crippen MR) is 84.6 cm³/mol. The lowest BCUT2D eigenvalue weighted by atomic mass is 9.85. The molecule has 1 rings (SSSR count). The quantitative estimate of drug-likeness (QED) is 0.503. The first-order valence-electron chi connectivity index (χ1n) is 7.96. The zero-order valence-electron chi connectivity index (χ0n) is 14.6. The van der Waals surface area contributed by atoms with Crippen molar-refractivity contribution in [2.24, 2.45) is 10.8 Å². The molecule has 0 atom stereocenters. The molecule has 6 nitrogen and oxygen atoms in total. The number of esters is 2. The van der Waals surface area contributed by atoms with Crippen molar-refractivity contribution in [1.29, 1.82) is 0 Å². The monoisotopic (exact) mass is 328 g/mol. The summed E-state index contributed by atoms with van der Waals surface area (Å²) in [4.78, 5) is 22.6. The highest BCUT2D eigenvalue weighted by atomic mass is 16.7. The summed E-state index contributed by atoms with van der Waals surface area (Å²) in [6, 6.07) is 0. The maximum Gasteiger partial charge on any atom is 0.330 e. The molecule has 0 saturated carbocycles. The van der Waals surface area contributed by atoms with Gasteiger partial charge in [-0.25, -0.2) is 4.79 Å². The Morgan fingerprint density at radius 1 is 1.26 bits per heavy atom. The summed E-state index contributed by atoms with van der Waals surface area (Å²) < 4.78 is 22.1. The summed E-state index contributed by atoms with van der Waals surface area (Å²) >= 11 is 0. The van der Waals surface area contributed by atoms with Crippen LogP contribution >= 0.6 is 0 Å². The van der Waals surface area contributed by atoms with E-state index < -0.39 is 17.7 Å². The van der Waals surface area contributed by atoms with E-state index in [4.69, 9.17) is 18.9 Å². The number of hydrogen-bond acceptors (Lipinski definition) is 6. The van der Waals surface area contributed by atoms with E-state index in [2.05, 4.69) is 6.58 Å². The number of hydrogen-bond donors (Lipinski definition) is 0. The Balaban J connectivity index is 2.55. The molecule has 6 heteroatoms. The fraction of sp³-hybridized carbons (Fsp3) is 0.765. The van der Waals surface area contributed by atoms with Crippen LogP contribution in [-0.4, -0.2) is 44.7 Å². The van der Waals surface area contributed by atoms with Gasteiger partial charge in [0.15, 0.2) is 6.29 Å². The minimum absolute atomic E-state index is 0.228. The van der Waals surface area contributed by atoms with Crippen LogP contribution in [0.3, 0.4) is 0 Å². The Bertz CT molecular complexity index is 421. The van der Waals surface area contributed by atoms with E-state index in [-0.39, 0.29) is 24.6 Å². The zero-order chi connectivity index (χ0) is 17.5. The SMILES string of the molecule is C=CC(=O)OCC1(CC)COC(C(C)(C)COC(=O)CC)OC1. The average Bonchev–Trinajstić information content (AvgIpc) is 2.57. The van der Waals surface area contributed by atoms with Crippen LogP contribution in [0.1, 0.15) is 40.5 Å². The first-order valence-corrected chi connectivity index (χ1v) is 7.96. The topological polar surface area (TPSA) is 71.1 Å². The summed E-state index contributed by atoms with van der Waals surface area (Å²) in [6.45, 7) is 12.3. The summed E-state index contributed by atoms with van der Waals surface area (Å²) in [5.41, 5.74) is -0.812. The van der Waals surface area contributed by atoms with E-state index in [0.717, 1.165) is 12.5 Å². The molecule has 23 heavy (non-hydrogen) atoms. The second-order valence-corrected chi connectivity index (χ2v) is 6.62. The molecule has 0 amide bonds. The van der Waals surface area contributed by atoms with Gasteiger partial charge in [0.2, 0.25) is 0 Å². The van der Waals surface area contributed by atoms with Crippen molar-refractivity contribution in [3.05, 3.63) is 12.7 Å². The van der Waals surface area contributed by atoms with Gasteiger partial charge < -0.3 is 18.9 Å². The lowest BCUT2D eigenvalue weighted by molar-refractivity contribution is -0.280. The largest absolute Gasteiger partial charge is 0.465 e. The molecular weight excluding hydrogens is 300 g/mol. The van der Waals surface area contributed by atoms with Crippen LogP contribution in [0, 0.1) is 10.8 Å². The Morgan fingerprint density at radius 3 is 2.35 bits per heavy atom. The molecule has 1 saturated heterocycles. The van der Waals surface area contributed by atoms with Gasteiger partial charge >= 0.3 is 11.9 Å². The lowest BCUT2D eigenvalue weighted by Crippen LogP contribution is -2.50. The highest BCUT2D eigenvalue weighted by Gasteiger charge is 2.42. The van der Waals surface area contributed by atoms with Gasteiger partial charge in [-0.15, -0.1) is 0 Å². The van der Waals surface area contributed by atoms with E-state index in [9.17, 15) is 9.59 Å². The molecule has 1 aliphatic rings. The normalized spacial score (nSPS) is 24.8. The van der Waals surface area contributed by atoms with Gasteiger partial charge in [0, 0.05) is 17.9 Å². The molecule has 0 aliphatic carbocycles. The maximum atomic E-state index is 11.3. The molecule has 0 N–H and O–H groups in total. The molecule has 1 aliphatic heterocycles. The molecule has 0 aromatic rings. The molecule has 0 spiro atoms. The third kappa shape index (κ3) is 5.62. The molecule has 132 valence electrons. The van der Waals surface area contributed by atoms with Gasteiger partial charge in [-0.2, -0.15) is 0 Å². The van der Waals surface area contributed by atoms with E-state index in [0.29, 0.717) is 19.6 Å². The van der Waals surface area contributed by atoms with Crippen LogP contribution in [0.5, 0.6) is 0 Å². The molecular formula is C17H28O6. The van der Waals surface area contributed by atoms with Gasteiger partial charge in [-0.05, 0) is 6.42 Å². The molecule has 0 unspecified atom stereocenters. The third-order valence-electron chi connectivity index (χ3n) is 4.05. The zero-order valence-corrected chi connectivity index (χ0v) is 14.6. The highest BCUT2D eigenvalue weighted by molar-refractivity contribution is 5.81. The Labute approximate surface area is 138 Å². The molecule has 0 aromatic heterocycles. The fourth-order valence-corrected chi connectivity index (χ4v) is 2.16. The van der Waals surface area contributed by atoms with Crippen molar-refractivity contribution < 1.29 is 28.5 Å². The van der Waals surface area contributed by atoms with Gasteiger partial charge in [-0.1, -0.05) is 34.3 Å². The number of carbonyl (C=O) groups is 2. The first kappa shape index (κ1) is 19.6. The summed E-state index contributed by atoms with van der Waals surface area (Å²) in [7, 11) is 0. The second kappa shape index (κ2) is 8.45. The van der Waals surface area contributed by atoms with E-state index in [1.165, 1.54) is 0 Å². The minimum atomic E-state index is -0.470. The van der Waals surface area contributed by atoms with Crippen molar-refractivity contribution in [3.8, 4) is 0 Å². The smallest absolute Gasteiger partial charge is 0.330 e. The van der Waals surface area contributed by atoms with Crippen LogP contribution in [0.15, 0.2) is 12.7 Å². The highest BCUT2D eigenvalue weighted by Crippen LogP contribution is 2.35. The summed E-state index contributed by atoms with van der Waals surface area (Å²) in [6.07, 6.45) is 1.77. The third-order valence-corrected chi connectivity index (χ3v) is 4.05. The molecule has 0 radical (unpaired) electrons. The van der Waals surface area contributed by atoms with Gasteiger partial charge in [-0.3, -0.25) is 4.79 Å². The lowest BCUT2D eigenvalue weighted by Gasteiger charge is -2.43. The molecule has 1 fully saturated rings. The predicted octanol–water partition coefficient (Wildman–Crippen LogP) is 2.46. The van der Waals surface area contributed by atoms with Crippen LogP contribution in [0.2, 0.25) is 0 Å². The van der Waals surface area contributed by atoms with Crippen LogP contribution in [-0.2, 0) is 28.5 Å².